The van der Waals surface area contributed by atoms with E-state index in [9.17, 15) is 0 Å². The molecule has 0 bridgehead atoms. The summed E-state index contributed by atoms with van der Waals surface area (Å²) in [4.78, 5) is 24.9. The summed E-state index contributed by atoms with van der Waals surface area (Å²) in [6, 6.07) is 60.3. The van der Waals surface area contributed by atoms with Gasteiger partial charge in [0.25, 0.3) is 0 Å². The molecule has 0 saturated heterocycles. The van der Waals surface area contributed by atoms with Crippen LogP contribution in [-0.2, 0) is 0 Å². The fourth-order valence-corrected chi connectivity index (χ4v) is 6.66. The number of para-hydroxylation sites is 1. The minimum Gasteiger partial charge on any atom is -0.256 e. The van der Waals surface area contributed by atoms with E-state index in [0.717, 1.165) is 72.4 Å². The van der Waals surface area contributed by atoms with Crippen molar-refractivity contribution in [1.82, 2.24) is 24.9 Å². The topological polar surface area (TPSA) is 64.5 Å². The fraction of sp³-hybridized carbons (Fsp3) is 0.0208. The molecule has 0 aliphatic rings. The lowest BCUT2D eigenvalue weighted by molar-refractivity contribution is 1.07. The highest BCUT2D eigenvalue weighted by atomic mass is 15.0. The summed E-state index contributed by atoms with van der Waals surface area (Å²) >= 11 is 0. The zero-order chi connectivity index (χ0) is 35.6. The van der Waals surface area contributed by atoms with Gasteiger partial charge in [0, 0.05) is 45.0 Å². The SMILES string of the molecule is Cc1cc(-c2ccccc2)nc(-c2ccc(-c3cc(-c4cnc5ccccc5c4)cc(-c4nc(-c5ccccc5)nc(-c5ccccc5)n4)c3)cc2)c1. The molecule has 0 aliphatic heterocycles. The normalized spacial score (nSPS) is 11.1. The molecule has 250 valence electrons. The van der Waals surface area contributed by atoms with Gasteiger partial charge in [-0.25, -0.2) is 19.9 Å². The van der Waals surface area contributed by atoms with Crippen LogP contribution in [0.5, 0.6) is 0 Å². The van der Waals surface area contributed by atoms with Gasteiger partial charge in [0.15, 0.2) is 17.5 Å². The predicted molar refractivity (Wildman–Crippen MR) is 216 cm³/mol. The number of benzene rings is 6. The summed E-state index contributed by atoms with van der Waals surface area (Å²) in [5, 5.41) is 1.08. The highest BCUT2D eigenvalue weighted by Crippen LogP contribution is 2.35. The van der Waals surface area contributed by atoms with E-state index in [1.165, 1.54) is 5.56 Å². The minimum atomic E-state index is 0.601. The third kappa shape index (κ3) is 6.72. The fourth-order valence-electron chi connectivity index (χ4n) is 6.66. The first kappa shape index (κ1) is 31.8. The molecule has 0 radical (unpaired) electrons. The lowest BCUT2D eigenvalue weighted by Crippen LogP contribution is -2.00. The van der Waals surface area contributed by atoms with Crippen LogP contribution in [0.2, 0.25) is 0 Å². The molecular weight excluding hydrogens is 647 g/mol. The minimum absolute atomic E-state index is 0.601. The molecule has 0 spiro atoms. The maximum absolute atomic E-state index is 5.07. The standard InChI is InChI=1S/C48H33N5/c1-32-25-44(34-13-5-2-6-14-34)50-45(26-32)35-23-21-33(22-24-35)39-28-40(42-27-38-19-11-12-20-43(38)49-31-42)30-41(29-39)48-52-46(36-15-7-3-8-16-36)51-47(53-48)37-17-9-4-10-18-37/h2-31H,1H3. The van der Waals surface area contributed by atoms with Crippen LogP contribution < -0.4 is 0 Å². The molecule has 3 heterocycles. The van der Waals surface area contributed by atoms with Crippen LogP contribution >= 0.6 is 0 Å². The summed E-state index contributed by atoms with van der Waals surface area (Å²) in [5.41, 5.74) is 13.1. The number of aryl methyl sites for hydroxylation is 1. The molecule has 0 fully saturated rings. The first-order valence-corrected chi connectivity index (χ1v) is 17.7. The Morgan fingerprint density at radius 2 is 0.774 bits per heavy atom. The number of fused-ring (bicyclic) bond motifs is 1. The van der Waals surface area contributed by atoms with E-state index in [2.05, 4.69) is 85.8 Å². The van der Waals surface area contributed by atoms with Crippen molar-refractivity contribution in [3.63, 3.8) is 0 Å². The van der Waals surface area contributed by atoms with Crippen molar-refractivity contribution >= 4 is 10.9 Å². The lowest BCUT2D eigenvalue weighted by Gasteiger charge is -2.13. The van der Waals surface area contributed by atoms with Crippen LogP contribution in [0.25, 0.3) is 89.8 Å². The molecule has 0 aliphatic carbocycles. The second-order valence-electron chi connectivity index (χ2n) is 13.1. The van der Waals surface area contributed by atoms with E-state index >= 15 is 0 Å². The average Bonchev–Trinajstić information content (AvgIpc) is 3.24. The van der Waals surface area contributed by atoms with Crippen LogP contribution in [0.3, 0.4) is 0 Å². The first-order chi connectivity index (χ1) is 26.1. The largest absolute Gasteiger partial charge is 0.256 e. The molecule has 6 aromatic carbocycles. The molecule has 9 rings (SSSR count). The van der Waals surface area contributed by atoms with Crippen LogP contribution in [0.15, 0.2) is 182 Å². The van der Waals surface area contributed by atoms with Crippen molar-refractivity contribution in [2.75, 3.05) is 0 Å². The van der Waals surface area contributed by atoms with E-state index in [-0.39, 0.29) is 0 Å². The van der Waals surface area contributed by atoms with E-state index < -0.39 is 0 Å². The van der Waals surface area contributed by atoms with Crippen molar-refractivity contribution in [2.24, 2.45) is 0 Å². The zero-order valence-electron chi connectivity index (χ0n) is 29.1. The van der Waals surface area contributed by atoms with Crippen molar-refractivity contribution in [2.45, 2.75) is 6.92 Å². The van der Waals surface area contributed by atoms with Gasteiger partial charge in [-0.3, -0.25) is 4.98 Å². The smallest absolute Gasteiger partial charge is 0.164 e. The van der Waals surface area contributed by atoms with Gasteiger partial charge in [-0.1, -0.05) is 133 Å². The lowest BCUT2D eigenvalue weighted by atomic mass is 9.95. The number of pyridine rings is 2. The van der Waals surface area contributed by atoms with Gasteiger partial charge in [-0.15, -0.1) is 0 Å². The average molecular weight is 680 g/mol. The molecule has 0 unspecified atom stereocenters. The Hall–Kier alpha value is -7.11. The molecule has 0 saturated carbocycles. The van der Waals surface area contributed by atoms with Crippen molar-refractivity contribution in [3.8, 4) is 78.9 Å². The van der Waals surface area contributed by atoms with Crippen LogP contribution in [0.4, 0.5) is 0 Å². The molecule has 5 heteroatoms. The highest BCUT2D eigenvalue weighted by Gasteiger charge is 2.16. The van der Waals surface area contributed by atoms with Gasteiger partial charge in [0.05, 0.1) is 16.9 Å². The summed E-state index contributed by atoms with van der Waals surface area (Å²) in [6.07, 6.45) is 1.94. The Morgan fingerprint density at radius 1 is 0.321 bits per heavy atom. The number of hydrogen-bond donors (Lipinski definition) is 0. The molecule has 5 nitrogen and oxygen atoms in total. The Labute approximate surface area is 308 Å². The molecule has 3 aromatic heterocycles. The maximum atomic E-state index is 5.07. The van der Waals surface area contributed by atoms with Crippen molar-refractivity contribution in [3.05, 3.63) is 188 Å². The summed E-state index contributed by atoms with van der Waals surface area (Å²) in [6.45, 7) is 2.12. The summed E-state index contributed by atoms with van der Waals surface area (Å²) < 4.78 is 0. The Kier molecular flexibility index (Phi) is 8.35. The Morgan fingerprint density at radius 3 is 1.38 bits per heavy atom. The Bertz CT molecular complexity index is 2650. The van der Waals surface area contributed by atoms with E-state index in [1.807, 2.05) is 103 Å². The van der Waals surface area contributed by atoms with Crippen LogP contribution in [-0.4, -0.2) is 24.9 Å². The van der Waals surface area contributed by atoms with E-state index in [4.69, 9.17) is 24.9 Å². The number of rotatable bonds is 7. The third-order valence-electron chi connectivity index (χ3n) is 9.37. The second kappa shape index (κ2) is 13.9. The van der Waals surface area contributed by atoms with E-state index in [1.54, 1.807) is 0 Å². The van der Waals surface area contributed by atoms with Crippen LogP contribution in [0, 0.1) is 6.92 Å². The van der Waals surface area contributed by atoms with Crippen molar-refractivity contribution < 1.29 is 0 Å². The van der Waals surface area contributed by atoms with Gasteiger partial charge >= 0.3 is 0 Å². The quantitative estimate of drug-likeness (QED) is 0.168. The van der Waals surface area contributed by atoms with Gasteiger partial charge in [-0.2, -0.15) is 0 Å². The van der Waals surface area contributed by atoms with Crippen molar-refractivity contribution in [1.29, 1.82) is 0 Å². The molecular formula is C48H33N5. The van der Waals surface area contributed by atoms with Crippen LogP contribution in [0.1, 0.15) is 5.56 Å². The highest BCUT2D eigenvalue weighted by molar-refractivity contribution is 5.86. The molecule has 0 atom stereocenters. The van der Waals surface area contributed by atoms with Gasteiger partial charge in [0.1, 0.15) is 0 Å². The Balaban J connectivity index is 1.18. The summed E-state index contributed by atoms with van der Waals surface area (Å²) in [7, 11) is 0. The second-order valence-corrected chi connectivity index (χ2v) is 13.1. The van der Waals surface area contributed by atoms with E-state index in [0.29, 0.717) is 17.5 Å². The maximum Gasteiger partial charge on any atom is 0.164 e. The predicted octanol–water partition coefficient (Wildman–Crippen LogP) is 11.8. The molecule has 53 heavy (non-hydrogen) atoms. The van der Waals surface area contributed by atoms with Gasteiger partial charge < -0.3 is 0 Å². The zero-order valence-corrected chi connectivity index (χ0v) is 29.1. The van der Waals surface area contributed by atoms with Gasteiger partial charge in [0.2, 0.25) is 0 Å². The number of aromatic nitrogens is 5. The number of nitrogens with zero attached hydrogens (tertiary/aromatic N) is 5. The molecule has 0 amide bonds. The van der Waals surface area contributed by atoms with Gasteiger partial charge in [-0.05, 0) is 71.6 Å². The summed E-state index contributed by atoms with van der Waals surface area (Å²) in [5.74, 6) is 1.85. The molecule has 9 aromatic rings. The number of hydrogen-bond acceptors (Lipinski definition) is 5. The molecule has 0 N–H and O–H groups in total. The first-order valence-electron chi connectivity index (χ1n) is 17.7. The third-order valence-corrected chi connectivity index (χ3v) is 9.37. The monoisotopic (exact) mass is 679 g/mol.